The highest BCUT2D eigenvalue weighted by atomic mass is 19.4. The van der Waals surface area contributed by atoms with Gasteiger partial charge in [0, 0.05) is 45.7 Å². The first-order chi connectivity index (χ1) is 16.6. The van der Waals surface area contributed by atoms with Gasteiger partial charge in [-0.1, -0.05) is 24.3 Å². The summed E-state index contributed by atoms with van der Waals surface area (Å²) in [5.74, 6) is -2.66. The molecule has 3 fully saturated rings. The number of aromatic amines is 1. The number of rotatable bonds is 2. The summed E-state index contributed by atoms with van der Waals surface area (Å²) in [6.07, 6.45) is -1.56. The van der Waals surface area contributed by atoms with Crippen LogP contribution < -0.4 is 0 Å². The van der Waals surface area contributed by atoms with Crippen LogP contribution >= 0.6 is 0 Å². The van der Waals surface area contributed by atoms with Crippen molar-refractivity contribution in [3.05, 3.63) is 76.2 Å². The Morgan fingerprint density at radius 3 is 2.69 bits per heavy atom. The lowest BCUT2D eigenvalue weighted by Gasteiger charge is -2.82. The van der Waals surface area contributed by atoms with Gasteiger partial charge in [0.05, 0.1) is 11.5 Å². The molecule has 2 aliphatic heterocycles. The summed E-state index contributed by atoms with van der Waals surface area (Å²) in [6, 6.07) is 10.1. The van der Waals surface area contributed by atoms with E-state index in [0.29, 0.717) is 12.0 Å². The molecule has 3 aromatic rings. The van der Waals surface area contributed by atoms with Crippen molar-refractivity contribution in [1.82, 2.24) is 9.88 Å². The molecular formula is C27H22F4N2O2. The molecule has 0 amide bonds. The van der Waals surface area contributed by atoms with E-state index in [9.17, 15) is 18.0 Å². The van der Waals surface area contributed by atoms with Gasteiger partial charge in [-0.15, -0.1) is 0 Å². The smallest absolute Gasteiger partial charge is 0.395 e. The third kappa shape index (κ3) is 2.38. The number of H-pyrrole nitrogens is 1. The SMILES string of the molecule is C[C@@H]1Cc2c([nH]c3ccccc23)[C@H]2c3c(F)cc(/C=C/C(=O)O)cc3C3C4(CC3(C(F)(F)F)C4)N21. The van der Waals surface area contributed by atoms with Gasteiger partial charge in [-0.3, -0.25) is 4.90 Å². The van der Waals surface area contributed by atoms with E-state index in [1.54, 1.807) is 6.07 Å². The number of aromatic nitrogens is 1. The first-order valence-electron chi connectivity index (χ1n) is 11.8. The van der Waals surface area contributed by atoms with E-state index in [2.05, 4.69) is 9.88 Å². The predicted molar refractivity (Wildman–Crippen MR) is 121 cm³/mol. The molecule has 3 heterocycles. The molecule has 3 aliphatic carbocycles. The maximum absolute atomic E-state index is 15.9. The van der Waals surface area contributed by atoms with Crippen molar-refractivity contribution in [2.75, 3.05) is 0 Å². The van der Waals surface area contributed by atoms with Gasteiger partial charge in [0.1, 0.15) is 5.82 Å². The van der Waals surface area contributed by atoms with Crippen LogP contribution in [-0.2, 0) is 11.2 Å². The fourth-order valence-corrected chi connectivity index (χ4v) is 7.88. The zero-order valence-electron chi connectivity index (χ0n) is 18.8. The van der Waals surface area contributed by atoms with Gasteiger partial charge in [-0.2, -0.15) is 13.2 Å². The molecule has 2 bridgehead atoms. The summed E-state index contributed by atoms with van der Waals surface area (Å²) in [4.78, 5) is 16.6. The third-order valence-electron chi connectivity index (χ3n) is 8.97. The van der Waals surface area contributed by atoms with E-state index in [1.165, 1.54) is 12.1 Å². The van der Waals surface area contributed by atoms with Crippen LogP contribution in [0.3, 0.4) is 0 Å². The minimum absolute atomic E-state index is 0.0147. The second-order valence-corrected chi connectivity index (χ2v) is 10.6. The number of hydrogen-bond donors (Lipinski definition) is 2. The molecule has 0 radical (unpaired) electrons. The maximum Gasteiger partial charge on any atom is 0.395 e. The van der Waals surface area contributed by atoms with Gasteiger partial charge < -0.3 is 10.1 Å². The molecule has 3 saturated carbocycles. The Morgan fingerprint density at radius 1 is 1.23 bits per heavy atom. The Balaban J connectivity index is 1.50. The molecule has 35 heavy (non-hydrogen) atoms. The van der Waals surface area contributed by atoms with Gasteiger partial charge >= 0.3 is 12.1 Å². The highest BCUT2D eigenvalue weighted by molar-refractivity contribution is 5.86. The van der Waals surface area contributed by atoms with Crippen molar-refractivity contribution in [3.8, 4) is 0 Å². The van der Waals surface area contributed by atoms with Crippen LogP contribution in [0.1, 0.15) is 59.7 Å². The van der Waals surface area contributed by atoms with E-state index < -0.39 is 40.9 Å². The number of hydrogen-bond acceptors (Lipinski definition) is 2. The van der Waals surface area contributed by atoms with Gasteiger partial charge in [0.25, 0.3) is 0 Å². The molecule has 2 aromatic carbocycles. The van der Waals surface area contributed by atoms with E-state index in [1.807, 2.05) is 31.2 Å². The predicted octanol–water partition coefficient (Wildman–Crippen LogP) is 5.93. The molecule has 1 unspecified atom stereocenters. The summed E-state index contributed by atoms with van der Waals surface area (Å²) >= 11 is 0. The average Bonchev–Trinajstić information content (AvgIpc) is 3.08. The molecular weight excluding hydrogens is 460 g/mol. The number of para-hydroxylation sites is 1. The molecule has 4 nitrogen and oxygen atoms in total. The van der Waals surface area contributed by atoms with Gasteiger partial charge in [-0.05, 0) is 61.1 Å². The fourth-order valence-electron chi connectivity index (χ4n) is 7.88. The highest BCUT2D eigenvalue weighted by Crippen LogP contribution is 2.85. The molecule has 0 saturated heterocycles. The van der Waals surface area contributed by atoms with Crippen LogP contribution in [0.4, 0.5) is 17.6 Å². The Labute approximate surface area is 198 Å². The fraction of sp³-hybridized carbons (Fsp3) is 0.370. The number of carboxylic acids is 1. The van der Waals surface area contributed by atoms with Crippen molar-refractivity contribution in [3.63, 3.8) is 0 Å². The second kappa shape index (κ2) is 6.35. The first-order valence-corrected chi connectivity index (χ1v) is 11.8. The van der Waals surface area contributed by atoms with Crippen LogP contribution in [0, 0.1) is 11.2 Å². The van der Waals surface area contributed by atoms with Crippen molar-refractivity contribution in [2.45, 2.75) is 55.9 Å². The summed E-state index contributed by atoms with van der Waals surface area (Å²) in [6.45, 7) is 2.03. The zero-order chi connectivity index (χ0) is 24.5. The first kappa shape index (κ1) is 21.2. The molecule has 1 spiro atoms. The Bertz CT molecular complexity index is 1460. The summed E-state index contributed by atoms with van der Waals surface area (Å²) in [7, 11) is 0. The topological polar surface area (TPSA) is 56.3 Å². The van der Waals surface area contributed by atoms with Crippen molar-refractivity contribution in [2.24, 2.45) is 5.41 Å². The van der Waals surface area contributed by atoms with E-state index in [0.717, 1.165) is 28.2 Å². The van der Waals surface area contributed by atoms with Crippen LogP contribution in [0.2, 0.25) is 0 Å². The number of carbonyl (C=O) groups is 1. The standard InChI is InChI=1S/C27H22F4N2O2/c1-13-8-16-15-4-2-3-5-19(15)32-22(16)23-21-17(9-14(10-18(21)28)6-7-20(34)35)24-25(27(29,30)31)11-26(24,12-25)33(13)23/h2-7,9-10,13,23-24,32H,8,11-12H2,1H3,(H,34,35)/b7-6+/t13-,23-,24?,25?,26?/m1/s1. The monoisotopic (exact) mass is 482 g/mol. The third-order valence-corrected chi connectivity index (χ3v) is 8.97. The Kier molecular flexibility index (Phi) is 3.84. The molecule has 8 heteroatoms. The normalized spacial score (nSPS) is 32.9. The largest absolute Gasteiger partial charge is 0.478 e. The summed E-state index contributed by atoms with van der Waals surface area (Å²) in [5, 5.41) is 10.1. The van der Waals surface area contributed by atoms with Gasteiger partial charge in [0.15, 0.2) is 0 Å². The number of alkyl halides is 3. The molecule has 2 N–H and O–H groups in total. The molecule has 8 rings (SSSR count). The number of nitrogens with zero attached hydrogens (tertiary/aromatic N) is 1. The van der Waals surface area contributed by atoms with Crippen molar-refractivity contribution < 1.29 is 27.5 Å². The molecule has 1 aromatic heterocycles. The van der Waals surface area contributed by atoms with E-state index in [4.69, 9.17) is 5.11 Å². The Morgan fingerprint density at radius 2 is 1.97 bits per heavy atom. The lowest BCUT2D eigenvalue weighted by atomic mass is 9.29. The maximum atomic E-state index is 15.9. The van der Waals surface area contributed by atoms with Gasteiger partial charge in [-0.25, -0.2) is 9.18 Å². The Hall–Kier alpha value is -3.13. The highest BCUT2D eigenvalue weighted by Gasteiger charge is 2.88. The van der Waals surface area contributed by atoms with Crippen LogP contribution in [0.5, 0.6) is 0 Å². The van der Waals surface area contributed by atoms with Crippen molar-refractivity contribution >= 4 is 22.9 Å². The quantitative estimate of drug-likeness (QED) is 0.352. The second-order valence-electron chi connectivity index (χ2n) is 10.6. The van der Waals surface area contributed by atoms with E-state index >= 15 is 4.39 Å². The summed E-state index contributed by atoms with van der Waals surface area (Å²) in [5.41, 5.74) is 1.25. The van der Waals surface area contributed by atoms with Crippen LogP contribution in [-0.4, -0.2) is 38.7 Å². The number of fused-ring (bicyclic) bond motifs is 7. The molecule has 180 valence electrons. The number of benzene rings is 2. The lowest BCUT2D eigenvalue weighted by Crippen LogP contribution is -2.86. The molecule has 5 aliphatic rings. The number of nitrogens with one attached hydrogen (secondary N) is 1. The van der Waals surface area contributed by atoms with Crippen LogP contribution in [0.25, 0.3) is 17.0 Å². The van der Waals surface area contributed by atoms with Crippen molar-refractivity contribution in [1.29, 1.82) is 0 Å². The lowest BCUT2D eigenvalue weighted by molar-refractivity contribution is -0.389. The number of carboxylic acid groups (broad SMARTS) is 1. The molecule has 3 atom stereocenters. The van der Waals surface area contributed by atoms with Gasteiger partial charge in [0.2, 0.25) is 0 Å². The van der Waals surface area contributed by atoms with E-state index in [-0.39, 0.29) is 30.0 Å². The minimum Gasteiger partial charge on any atom is -0.478 e. The number of halogens is 4. The zero-order valence-corrected chi connectivity index (χ0v) is 18.8. The average molecular weight is 482 g/mol. The summed E-state index contributed by atoms with van der Waals surface area (Å²) < 4.78 is 58.9. The van der Waals surface area contributed by atoms with Crippen LogP contribution in [0.15, 0.2) is 42.5 Å². The number of aliphatic carboxylic acids is 1. The minimum atomic E-state index is -4.39.